The highest BCUT2D eigenvalue weighted by molar-refractivity contribution is 7.92. The molecule has 0 fully saturated rings. The third-order valence-corrected chi connectivity index (χ3v) is 7.48. The van der Waals surface area contributed by atoms with Crippen LogP contribution in [-0.2, 0) is 26.2 Å². The van der Waals surface area contributed by atoms with Crippen LogP contribution in [0.15, 0.2) is 42.5 Å². The molecule has 0 saturated carbocycles. The van der Waals surface area contributed by atoms with Crippen LogP contribution in [0.25, 0.3) is 0 Å². The van der Waals surface area contributed by atoms with Crippen molar-refractivity contribution in [3.8, 4) is 0 Å². The second-order valence-electron chi connectivity index (χ2n) is 9.66. The molecule has 0 bridgehead atoms. The number of rotatable bonds is 12. The molecule has 7 nitrogen and oxygen atoms in total. The van der Waals surface area contributed by atoms with Gasteiger partial charge in [0.05, 0.1) is 11.9 Å². The molecule has 1 N–H and O–H groups in total. The Morgan fingerprint density at radius 2 is 1.72 bits per heavy atom. The van der Waals surface area contributed by atoms with Crippen LogP contribution in [0.5, 0.6) is 0 Å². The van der Waals surface area contributed by atoms with Crippen molar-refractivity contribution in [1.29, 1.82) is 0 Å². The van der Waals surface area contributed by atoms with E-state index in [2.05, 4.69) is 5.32 Å². The van der Waals surface area contributed by atoms with E-state index < -0.39 is 16.1 Å². The molecule has 2 aromatic carbocycles. The number of amides is 2. The monoisotopic (exact) mass is 535 g/mol. The van der Waals surface area contributed by atoms with Gasteiger partial charge in [0.2, 0.25) is 21.8 Å². The van der Waals surface area contributed by atoms with Gasteiger partial charge in [0.25, 0.3) is 0 Å². The molecule has 0 aromatic heterocycles. The molecular formula is C27H38ClN3O4S. The fourth-order valence-electron chi connectivity index (χ4n) is 3.82. The number of carbonyl (C=O) groups is 2. The summed E-state index contributed by atoms with van der Waals surface area (Å²) >= 11 is 6.34. The molecule has 0 saturated heterocycles. The molecule has 2 rings (SSSR count). The molecule has 0 aliphatic carbocycles. The van der Waals surface area contributed by atoms with E-state index in [4.69, 9.17) is 11.6 Å². The van der Waals surface area contributed by atoms with Crippen LogP contribution in [0.4, 0.5) is 5.69 Å². The zero-order valence-electron chi connectivity index (χ0n) is 22.0. The van der Waals surface area contributed by atoms with Gasteiger partial charge in [-0.15, -0.1) is 0 Å². The van der Waals surface area contributed by atoms with Crippen molar-refractivity contribution in [2.75, 3.05) is 23.7 Å². The van der Waals surface area contributed by atoms with Gasteiger partial charge in [0.15, 0.2) is 0 Å². The highest BCUT2D eigenvalue weighted by Gasteiger charge is 2.27. The molecule has 2 aromatic rings. The molecule has 198 valence electrons. The second-order valence-corrected chi connectivity index (χ2v) is 12.0. The van der Waals surface area contributed by atoms with Gasteiger partial charge in [0, 0.05) is 31.1 Å². The molecule has 0 unspecified atom stereocenters. The first kappa shape index (κ1) is 29.6. The van der Waals surface area contributed by atoms with Gasteiger partial charge in [-0.05, 0) is 61.9 Å². The molecular weight excluding hydrogens is 498 g/mol. The van der Waals surface area contributed by atoms with Crippen LogP contribution in [-0.4, -0.2) is 50.5 Å². The van der Waals surface area contributed by atoms with Crippen molar-refractivity contribution in [1.82, 2.24) is 10.2 Å². The first-order valence-corrected chi connectivity index (χ1v) is 14.4. The number of aryl methyl sites for hydroxylation is 2. The van der Waals surface area contributed by atoms with Crippen molar-refractivity contribution < 1.29 is 18.0 Å². The average Bonchev–Trinajstić information content (AvgIpc) is 2.80. The molecule has 0 radical (unpaired) electrons. The van der Waals surface area contributed by atoms with Crippen molar-refractivity contribution in [2.24, 2.45) is 5.92 Å². The molecule has 9 heteroatoms. The zero-order valence-corrected chi connectivity index (χ0v) is 23.6. The number of hydrogen-bond donors (Lipinski definition) is 1. The van der Waals surface area contributed by atoms with E-state index in [1.807, 2.05) is 64.1 Å². The van der Waals surface area contributed by atoms with Crippen molar-refractivity contribution in [3.63, 3.8) is 0 Å². The lowest BCUT2D eigenvalue weighted by Crippen LogP contribution is -2.48. The van der Waals surface area contributed by atoms with Gasteiger partial charge in [-0.2, -0.15) is 0 Å². The molecule has 0 aliphatic rings. The van der Waals surface area contributed by atoms with Gasteiger partial charge < -0.3 is 10.2 Å². The number of sulfonamides is 1. The van der Waals surface area contributed by atoms with E-state index in [0.717, 1.165) is 16.7 Å². The summed E-state index contributed by atoms with van der Waals surface area (Å²) in [7, 11) is -3.55. The lowest BCUT2D eigenvalue weighted by Gasteiger charge is -2.30. The summed E-state index contributed by atoms with van der Waals surface area (Å²) < 4.78 is 26.5. The van der Waals surface area contributed by atoms with Crippen LogP contribution in [0.1, 0.15) is 50.3 Å². The van der Waals surface area contributed by atoms with Crippen LogP contribution in [0, 0.1) is 19.8 Å². The minimum Gasteiger partial charge on any atom is -0.354 e. The van der Waals surface area contributed by atoms with Gasteiger partial charge in [-0.25, -0.2) is 8.42 Å². The fraction of sp³-hybridized carbons (Fsp3) is 0.481. The highest BCUT2D eigenvalue weighted by Crippen LogP contribution is 2.25. The number of halogens is 1. The van der Waals surface area contributed by atoms with E-state index in [1.165, 1.54) is 15.5 Å². The maximum atomic E-state index is 13.4. The summed E-state index contributed by atoms with van der Waals surface area (Å²) in [6.45, 7) is 10.3. The second kappa shape index (κ2) is 13.1. The minimum atomic E-state index is -3.55. The van der Waals surface area contributed by atoms with Crippen molar-refractivity contribution in [3.05, 3.63) is 64.2 Å². The van der Waals surface area contributed by atoms with Crippen molar-refractivity contribution >= 4 is 39.1 Å². The van der Waals surface area contributed by atoms with Gasteiger partial charge in [0.1, 0.15) is 6.04 Å². The van der Waals surface area contributed by atoms with E-state index in [9.17, 15) is 18.0 Å². The van der Waals surface area contributed by atoms with E-state index in [0.29, 0.717) is 23.7 Å². The predicted molar refractivity (Wildman–Crippen MR) is 147 cm³/mol. The third-order valence-electron chi connectivity index (χ3n) is 5.94. The summed E-state index contributed by atoms with van der Waals surface area (Å²) in [5.41, 5.74) is 3.14. The smallest absolute Gasteiger partial charge is 0.242 e. The van der Waals surface area contributed by atoms with Crippen molar-refractivity contribution in [2.45, 2.75) is 60.0 Å². The number of carbonyl (C=O) groups excluding carboxylic acids is 2. The topological polar surface area (TPSA) is 86.8 Å². The molecule has 1 atom stereocenters. The lowest BCUT2D eigenvalue weighted by molar-refractivity contribution is -0.140. The summed E-state index contributed by atoms with van der Waals surface area (Å²) in [6.07, 6.45) is 1.56. The first-order valence-electron chi connectivity index (χ1n) is 12.2. The molecule has 0 spiro atoms. The van der Waals surface area contributed by atoms with Crippen LogP contribution >= 0.6 is 11.6 Å². The van der Waals surface area contributed by atoms with Gasteiger partial charge in [-0.1, -0.05) is 55.8 Å². The zero-order chi connectivity index (χ0) is 27.0. The number of anilines is 1. The predicted octanol–water partition coefficient (Wildman–Crippen LogP) is 4.69. The highest BCUT2D eigenvalue weighted by atomic mass is 35.5. The van der Waals surface area contributed by atoms with Crippen LogP contribution < -0.4 is 9.62 Å². The van der Waals surface area contributed by atoms with Gasteiger partial charge in [-0.3, -0.25) is 13.9 Å². The molecule has 0 heterocycles. The Kier molecular flexibility index (Phi) is 10.8. The Bertz CT molecular complexity index is 1170. The van der Waals surface area contributed by atoms with Crippen LogP contribution in [0.3, 0.4) is 0 Å². The molecule has 36 heavy (non-hydrogen) atoms. The molecule has 2 amide bonds. The summed E-state index contributed by atoms with van der Waals surface area (Å²) in [6, 6.07) is 12.2. The van der Waals surface area contributed by atoms with Crippen LogP contribution in [0.2, 0.25) is 5.02 Å². The van der Waals surface area contributed by atoms with Gasteiger partial charge >= 0.3 is 0 Å². The lowest BCUT2D eigenvalue weighted by atomic mass is 10.1. The molecule has 0 aliphatic heterocycles. The maximum absolute atomic E-state index is 13.4. The minimum absolute atomic E-state index is 0.0864. The van der Waals surface area contributed by atoms with E-state index in [1.54, 1.807) is 13.0 Å². The number of benzene rings is 2. The van der Waals surface area contributed by atoms with E-state index >= 15 is 0 Å². The number of hydrogen-bond acceptors (Lipinski definition) is 4. The Labute approximate surface area is 220 Å². The Morgan fingerprint density at radius 1 is 1.06 bits per heavy atom. The third kappa shape index (κ3) is 8.52. The standard InChI is InChI=1S/C27H38ClN3O4S/c1-19(2)17-29-27(33)22(5)30(18-23-10-7-8-11-24(23)28)26(32)12-9-15-31(36(6,34)35)25-16-20(3)13-14-21(25)4/h7-8,10-11,13-14,16,19,22H,9,12,15,17-18H2,1-6H3,(H,29,33)/t22-/m1/s1. The summed E-state index contributed by atoms with van der Waals surface area (Å²) in [5, 5.41) is 3.41. The number of nitrogens with zero attached hydrogens (tertiary/aromatic N) is 2. The SMILES string of the molecule is Cc1ccc(C)c(N(CCCC(=O)N(Cc2ccccc2Cl)[C@H](C)C(=O)NCC(C)C)S(C)(=O)=O)c1. The maximum Gasteiger partial charge on any atom is 0.242 e. The quantitative estimate of drug-likeness (QED) is 0.427. The Balaban J connectivity index is 2.21. The number of nitrogens with one attached hydrogen (secondary N) is 1. The van der Waals surface area contributed by atoms with E-state index in [-0.39, 0.29) is 37.2 Å². The summed E-state index contributed by atoms with van der Waals surface area (Å²) in [5.74, 6) is -0.199. The summed E-state index contributed by atoms with van der Waals surface area (Å²) in [4.78, 5) is 27.7. The normalized spacial score (nSPS) is 12.3. The Hall–Kier alpha value is -2.58. The average molecular weight is 536 g/mol. The fourth-order valence-corrected chi connectivity index (χ4v) is 5.03. The first-order chi connectivity index (χ1) is 16.8. The Morgan fingerprint density at radius 3 is 2.33 bits per heavy atom. The largest absolute Gasteiger partial charge is 0.354 e.